The van der Waals surface area contributed by atoms with E-state index in [1.807, 2.05) is 40.9 Å². The number of halogens is 1. The van der Waals surface area contributed by atoms with Gasteiger partial charge in [0.25, 0.3) is 0 Å². The number of hydrogen-bond acceptors (Lipinski definition) is 4. The van der Waals surface area contributed by atoms with Crippen LogP contribution in [0.5, 0.6) is 0 Å². The molecule has 3 heterocycles. The summed E-state index contributed by atoms with van der Waals surface area (Å²) < 4.78 is 15.7. The summed E-state index contributed by atoms with van der Waals surface area (Å²) in [5, 5.41) is 12.4. The van der Waals surface area contributed by atoms with Crippen molar-refractivity contribution in [2.24, 2.45) is 0 Å². The normalized spacial score (nSPS) is 11.2. The first-order chi connectivity index (χ1) is 11.3. The Balaban J connectivity index is 1.55. The average Bonchev–Trinajstić information content (AvgIpc) is 2.99. The fraction of sp³-hybridized carbons (Fsp3) is 0.118. The molecule has 0 saturated carbocycles. The Hall–Kier alpha value is -3.02. The molecule has 1 N–H and O–H groups in total. The van der Waals surface area contributed by atoms with Crippen molar-refractivity contribution in [3.05, 3.63) is 66.5 Å². The van der Waals surface area contributed by atoms with Crippen molar-refractivity contribution in [3.63, 3.8) is 0 Å². The van der Waals surface area contributed by atoms with Gasteiger partial charge in [0.05, 0.1) is 0 Å². The molecule has 23 heavy (non-hydrogen) atoms. The maximum absolute atomic E-state index is 13.8. The predicted octanol–water partition coefficient (Wildman–Crippen LogP) is 3.07. The molecule has 114 valence electrons. The van der Waals surface area contributed by atoms with E-state index in [-0.39, 0.29) is 5.82 Å². The second kappa shape index (κ2) is 5.64. The first-order valence-corrected chi connectivity index (χ1v) is 7.39. The average molecular weight is 307 g/mol. The first-order valence-electron chi connectivity index (χ1n) is 7.39. The van der Waals surface area contributed by atoms with Crippen LogP contribution in [0.2, 0.25) is 0 Å². The largest absolute Gasteiger partial charge is 0.384 e. The van der Waals surface area contributed by atoms with E-state index in [0.717, 1.165) is 22.5 Å². The second-order valence-corrected chi connectivity index (χ2v) is 5.22. The highest BCUT2D eigenvalue weighted by Gasteiger charge is 2.07. The Labute approximate surface area is 131 Å². The minimum atomic E-state index is -0.311. The fourth-order valence-electron chi connectivity index (χ4n) is 2.66. The Morgan fingerprint density at radius 3 is 2.96 bits per heavy atom. The SMILES string of the molecule is Fc1cccc2c(NCCc3nnc4ccccn34)ccnc12. The molecule has 0 bridgehead atoms. The van der Waals surface area contributed by atoms with Gasteiger partial charge in [-0.15, -0.1) is 10.2 Å². The molecule has 0 amide bonds. The summed E-state index contributed by atoms with van der Waals surface area (Å²) >= 11 is 0. The molecule has 0 atom stereocenters. The minimum Gasteiger partial charge on any atom is -0.384 e. The van der Waals surface area contributed by atoms with Crippen LogP contribution < -0.4 is 5.32 Å². The van der Waals surface area contributed by atoms with E-state index in [1.54, 1.807) is 12.3 Å². The zero-order chi connectivity index (χ0) is 15.6. The maximum atomic E-state index is 13.8. The summed E-state index contributed by atoms with van der Waals surface area (Å²) in [5.41, 5.74) is 2.08. The van der Waals surface area contributed by atoms with E-state index in [1.165, 1.54) is 6.07 Å². The molecule has 0 saturated heterocycles. The quantitative estimate of drug-likeness (QED) is 0.629. The maximum Gasteiger partial charge on any atom is 0.160 e. The van der Waals surface area contributed by atoms with Crippen molar-refractivity contribution in [1.29, 1.82) is 0 Å². The van der Waals surface area contributed by atoms with E-state index in [9.17, 15) is 4.39 Å². The third-order valence-corrected chi connectivity index (χ3v) is 3.77. The van der Waals surface area contributed by atoms with Gasteiger partial charge in [0.15, 0.2) is 5.65 Å². The number of pyridine rings is 2. The summed E-state index contributed by atoms with van der Waals surface area (Å²) in [6.07, 6.45) is 4.27. The van der Waals surface area contributed by atoms with Gasteiger partial charge in [-0.25, -0.2) is 4.39 Å². The van der Waals surface area contributed by atoms with Gasteiger partial charge in [-0.2, -0.15) is 0 Å². The summed E-state index contributed by atoms with van der Waals surface area (Å²) in [7, 11) is 0. The van der Waals surface area contributed by atoms with Gasteiger partial charge in [0.1, 0.15) is 17.2 Å². The van der Waals surface area contributed by atoms with Gasteiger partial charge < -0.3 is 5.32 Å². The van der Waals surface area contributed by atoms with Crippen molar-refractivity contribution >= 4 is 22.2 Å². The van der Waals surface area contributed by atoms with Crippen LogP contribution in [0, 0.1) is 5.82 Å². The van der Waals surface area contributed by atoms with E-state index in [4.69, 9.17) is 0 Å². The highest BCUT2D eigenvalue weighted by molar-refractivity contribution is 5.91. The van der Waals surface area contributed by atoms with E-state index in [0.29, 0.717) is 18.5 Å². The third-order valence-electron chi connectivity index (χ3n) is 3.77. The molecule has 5 nitrogen and oxygen atoms in total. The predicted molar refractivity (Wildman–Crippen MR) is 86.9 cm³/mol. The molecular weight excluding hydrogens is 293 g/mol. The third kappa shape index (κ3) is 2.48. The second-order valence-electron chi connectivity index (χ2n) is 5.22. The molecule has 4 aromatic rings. The van der Waals surface area contributed by atoms with Gasteiger partial charge >= 0.3 is 0 Å². The van der Waals surface area contributed by atoms with Crippen LogP contribution in [-0.4, -0.2) is 26.1 Å². The van der Waals surface area contributed by atoms with Crippen LogP contribution in [0.4, 0.5) is 10.1 Å². The van der Waals surface area contributed by atoms with Gasteiger partial charge in [-0.1, -0.05) is 18.2 Å². The lowest BCUT2D eigenvalue weighted by atomic mass is 10.2. The van der Waals surface area contributed by atoms with Gasteiger partial charge in [0, 0.05) is 36.4 Å². The number of nitrogens with one attached hydrogen (secondary N) is 1. The van der Waals surface area contributed by atoms with Crippen LogP contribution in [0.3, 0.4) is 0 Å². The highest BCUT2D eigenvalue weighted by atomic mass is 19.1. The first kappa shape index (κ1) is 13.6. The molecule has 0 aliphatic heterocycles. The highest BCUT2D eigenvalue weighted by Crippen LogP contribution is 2.23. The number of anilines is 1. The molecule has 0 aliphatic rings. The number of para-hydroxylation sites is 1. The Morgan fingerprint density at radius 1 is 1.04 bits per heavy atom. The number of fused-ring (bicyclic) bond motifs is 2. The zero-order valence-electron chi connectivity index (χ0n) is 12.3. The van der Waals surface area contributed by atoms with Crippen molar-refractivity contribution in [2.45, 2.75) is 6.42 Å². The fourth-order valence-corrected chi connectivity index (χ4v) is 2.66. The summed E-state index contributed by atoms with van der Waals surface area (Å²) in [4.78, 5) is 4.10. The van der Waals surface area contributed by atoms with Crippen molar-refractivity contribution in [3.8, 4) is 0 Å². The lowest BCUT2D eigenvalue weighted by Crippen LogP contribution is -2.08. The molecule has 0 spiro atoms. The zero-order valence-corrected chi connectivity index (χ0v) is 12.3. The smallest absolute Gasteiger partial charge is 0.160 e. The molecular formula is C17H14FN5. The Morgan fingerprint density at radius 2 is 2.00 bits per heavy atom. The number of benzene rings is 1. The van der Waals surface area contributed by atoms with Crippen molar-refractivity contribution in [2.75, 3.05) is 11.9 Å². The molecule has 0 aliphatic carbocycles. The summed E-state index contributed by atoms with van der Waals surface area (Å²) in [6.45, 7) is 0.672. The van der Waals surface area contributed by atoms with Crippen LogP contribution in [0.15, 0.2) is 54.9 Å². The topological polar surface area (TPSA) is 55.1 Å². The standard InChI is InChI=1S/C17H14FN5/c18-13-5-3-4-12-14(7-9-20-17(12)13)19-10-8-16-22-21-15-6-1-2-11-23(15)16/h1-7,9,11H,8,10H2,(H,19,20). The minimum absolute atomic E-state index is 0.311. The van der Waals surface area contributed by atoms with E-state index in [2.05, 4.69) is 20.5 Å². The molecule has 1 aromatic carbocycles. The number of hydrogen-bond donors (Lipinski definition) is 1. The van der Waals surface area contributed by atoms with E-state index >= 15 is 0 Å². The van der Waals surface area contributed by atoms with E-state index < -0.39 is 0 Å². The van der Waals surface area contributed by atoms with Gasteiger partial charge in [-0.05, 0) is 24.3 Å². The number of nitrogens with zero attached hydrogens (tertiary/aromatic N) is 4. The number of rotatable bonds is 4. The monoisotopic (exact) mass is 307 g/mol. The van der Waals surface area contributed by atoms with Crippen molar-refractivity contribution in [1.82, 2.24) is 19.6 Å². The number of aromatic nitrogens is 4. The lowest BCUT2D eigenvalue weighted by Gasteiger charge is -2.09. The molecule has 0 radical (unpaired) electrons. The summed E-state index contributed by atoms with van der Waals surface area (Å²) in [5.74, 6) is 0.576. The van der Waals surface area contributed by atoms with Crippen molar-refractivity contribution < 1.29 is 4.39 Å². The molecule has 3 aromatic heterocycles. The molecule has 0 fully saturated rings. The van der Waals surface area contributed by atoms with Crippen LogP contribution in [-0.2, 0) is 6.42 Å². The van der Waals surface area contributed by atoms with Gasteiger partial charge in [0.2, 0.25) is 0 Å². The van der Waals surface area contributed by atoms with Crippen LogP contribution >= 0.6 is 0 Å². The molecule has 6 heteroatoms. The Kier molecular flexibility index (Phi) is 3.34. The molecule has 0 unspecified atom stereocenters. The lowest BCUT2D eigenvalue weighted by molar-refractivity contribution is 0.637. The molecule has 4 rings (SSSR count). The Bertz CT molecular complexity index is 979. The van der Waals surface area contributed by atoms with Crippen LogP contribution in [0.25, 0.3) is 16.6 Å². The summed E-state index contributed by atoms with van der Waals surface area (Å²) in [6, 6.07) is 12.6. The van der Waals surface area contributed by atoms with Gasteiger partial charge in [-0.3, -0.25) is 9.38 Å². The van der Waals surface area contributed by atoms with Crippen LogP contribution in [0.1, 0.15) is 5.82 Å².